The van der Waals surface area contributed by atoms with Crippen LogP contribution in [0.15, 0.2) is 60.7 Å². The summed E-state index contributed by atoms with van der Waals surface area (Å²) in [5.74, 6) is -12.9. The summed E-state index contributed by atoms with van der Waals surface area (Å²) in [6.45, 7) is 0. The third kappa shape index (κ3) is 3.05. The Morgan fingerprint density at radius 3 is 1.85 bits per heavy atom. The second-order valence-corrected chi connectivity index (χ2v) is 7.54. The molecule has 0 nitrogen and oxygen atoms in total. The minimum absolute atomic E-state index is 0.0619. The van der Waals surface area contributed by atoms with Crippen LogP contribution in [-0.2, 0) is 0 Å². The van der Waals surface area contributed by atoms with Gasteiger partial charge in [0.15, 0.2) is 34.9 Å². The van der Waals surface area contributed by atoms with Crippen LogP contribution in [0.3, 0.4) is 0 Å². The first kappa shape index (κ1) is 21.9. The molecule has 0 aliphatic rings. The maximum Gasteiger partial charge on any atom is 0.195 e. The minimum atomic E-state index is -2.03. The molecule has 0 saturated carbocycles. The van der Waals surface area contributed by atoms with Crippen LogP contribution in [0, 0.1) is 46.5 Å². The number of halogens is 8. The van der Waals surface area contributed by atoms with Crippen molar-refractivity contribution in [3.63, 3.8) is 0 Å². The lowest BCUT2D eigenvalue weighted by Gasteiger charge is -2.17. The van der Waals surface area contributed by atoms with Crippen molar-refractivity contribution in [3.05, 3.63) is 107 Å². The highest BCUT2D eigenvalue weighted by Gasteiger charge is 2.27. The Morgan fingerprint density at radius 1 is 0.412 bits per heavy atom. The van der Waals surface area contributed by atoms with Crippen LogP contribution in [-0.4, -0.2) is 0 Å². The third-order valence-electron chi connectivity index (χ3n) is 5.67. The molecule has 0 amide bonds. The van der Waals surface area contributed by atoms with Gasteiger partial charge in [-0.05, 0) is 46.2 Å². The van der Waals surface area contributed by atoms with E-state index < -0.39 is 73.8 Å². The quantitative estimate of drug-likeness (QED) is 0.137. The van der Waals surface area contributed by atoms with E-state index in [4.69, 9.17) is 0 Å². The molecule has 0 aliphatic carbocycles. The molecule has 0 unspecified atom stereocenters. The molecule has 0 N–H and O–H groups in total. The fraction of sp³-hybridized carbons (Fsp3) is 0. The highest BCUT2D eigenvalue weighted by atomic mass is 19.2. The second-order valence-electron chi connectivity index (χ2n) is 7.54. The van der Waals surface area contributed by atoms with Crippen molar-refractivity contribution in [3.8, 4) is 22.3 Å². The monoisotopic (exact) mass is 474 g/mol. The molecule has 5 aromatic carbocycles. The van der Waals surface area contributed by atoms with E-state index in [1.807, 2.05) is 0 Å². The van der Waals surface area contributed by atoms with Crippen LogP contribution in [0.5, 0.6) is 0 Å². The molecule has 0 heterocycles. The van der Waals surface area contributed by atoms with Gasteiger partial charge in [-0.15, -0.1) is 0 Å². The van der Waals surface area contributed by atoms with E-state index in [2.05, 4.69) is 0 Å². The summed E-state index contributed by atoms with van der Waals surface area (Å²) in [5.41, 5.74) is -1.58. The average Bonchev–Trinajstić information content (AvgIpc) is 2.82. The molecule has 0 atom stereocenters. The first-order chi connectivity index (χ1) is 16.2. The topological polar surface area (TPSA) is 0 Å². The maximum absolute atomic E-state index is 15.3. The lowest BCUT2D eigenvalue weighted by molar-refractivity contribution is 0.449. The highest BCUT2D eigenvalue weighted by Crippen LogP contribution is 2.43. The Kier molecular flexibility index (Phi) is 5.04. The summed E-state index contributed by atoms with van der Waals surface area (Å²) < 4.78 is 116. The van der Waals surface area contributed by atoms with E-state index in [9.17, 15) is 26.3 Å². The zero-order valence-electron chi connectivity index (χ0n) is 16.8. The molecule has 0 aliphatic heterocycles. The van der Waals surface area contributed by atoms with Crippen LogP contribution in [0.2, 0.25) is 0 Å². The van der Waals surface area contributed by atoms with E-state index in [-0.39, 0.29) is 16.5 Å². The zero-order valence-corrected chi connectivity index (χ0v) is 16.8. The molecule has 0 aromatic heterocycles. The molecule has 0 saturated heterocycles. The van der Waals surface area contributed by atoms with E-state index >= 15 is 8.78 Å². The third-order valence-corrected chi connectivity index (χ3v) is 5.67. The minimum Gasteiger partial charge on any atom is -0.206 e. The van der Waals surface area contributed by atoms with Crippen molar-refractivity contribution in [2.24, 2.45) is 0 Å². The normalized spacial score (nSPS) is 11.5. The van der Waals surface area contributed by atoms with E-state index in [1.54, 1.807) is 0 Å². The molecule has 0 radical (unpaired) electrons. The van der Waals surface area contributed by atoms with Gasteiger partial charge < -0.3 is 0 Å². The molecule has 0 spiro atoms. The van der Waals surface area contributed by atoms with E-state index in [0.29, 0.717) is 6.07 Å². The first-order valence-electron chi connectivity index (χ1n) is 9.82. The van der Waals surface area contributed by atoms with Gasteiger partial charge in [0, 0.05) is 11.1 Å². The summed E-state index contributed by atoms with van der Waals surface area (Å²) >= 11 is 0. The predicted octanol–water partition coefficient (Wildman–Crippen LogP) is 8.44. The number of benzene rings is 5. The largest absolute Gasteiger partial charge is 0.206 e. The van der Waals surface area contributed by atoms with Crippen molar-refractivity contribution < 1.29 is 35.1 Å². The predicted molar refractivity (Wildman–Crippen MR) is 112 cm³/mol. The lowest BCUT2D eigenvalue weighted by atomic mass is 9.89. The molecule has 0 bridgehead atoms. The number of rotatable bonds is 2. The summed E-state index contributed by atoms with van der Waals surface area (Å²) in [6.07, 6.45) is 0. The lowest BCUT2D eigenvalue weighted by Crippen LogP contribution is -2.02. The van der Waals surface area contributed by atoms with Crippen molar-refractivity contribution in [2.75, 3.05) is 0 Å². The molecule has 34 heavy (non-hydrogen) atoms. The second kappa shape index (κ2) is 7.83. The zero-order chi connectivity index (χ0) is 24.3. The summed E-state index contributed by atoms with van der Waals surface area (Å²) in [4.78, 5) is 0. The van der Waals surface area contributed by atoms with Crippen molar-refractivity contribution in [2.45, 2.75) is 0 Å². The molecule has 8 heteroatoms. The van der Waals surface area contributed by atoms with Crippen molar-refractivity contribution >= 4 is 21.5 Å². The average molecular weight is 474 g/mol. The molecular weight excluding hydrogens is 464 g/mol. The fourth-order valence-electron chi connectivity index (χ4n) is 4.14. The number of hydrogen-bond acceptors (Lipinski definition) is 0. The Labute approximate surface area is 186 Å². The smallest absolute Gasteiger partial charge is 0.195 e. The summed E-state index contributed by atoms with van der Waals surface area (Å²) in [7, 11) is 0. The van der Waals surface area contributed by atoms with Crippen LogP contribution in [0.25, 0.3) is 43.8 Å². The van der Waals surface area contributed by atoms with Gasteiger partial charge in [-0.3, -0.25) is 0 Å². The van der Waals surface area contributed by atoms with Gasteiger partial charge in [-0.1, -0.05) is 36.4 Å². The molecule has 0 fully saturated rings. The van der Waals surface area contributed by atoms with Gasteiger partial charge in [0.1, 0.15) is 11.6 Å². The van der Waals surface area contributed by atoms with Crippen molar-refractivity contribution in [1.82, 2.24) is 0 Å². The molecule has 170 valence electrons. The van der Waals surface area contributed by atoms with Crippen LogP contribution in [0.1, 0.15) is 0 Å². The number of hydrogen-bond donors (Lipinski definition) is 0. The standard InChI is InChI=1S/C26H10F8/c27-16-7-3-4-11-10-15-19(24(32)26(34)25(33)20(15)23(31)18(11)16)13-6-2-1-5-12(13)14-8-9-17(28)22(30)21(14)29/h1-10H. The Hall–Kier alpha value is -3.94. The fourth-order valence-corrected chi connectivity index (χ4v) is 4.14. The summed E-state index contributed by atoms with van der Waals surface area (Å²) in [6, 6.07) is 11.3. The summed E-state index contributed by atoms with van der Waals surface area (Å²) in [5, 5.41) is -2.14. The van der Waals surface area contributed by atoms with Crippen LogP contribution >= 0.6 is 0 Å². The Morgan fingerprint density at radius 2 is 1.12 bits per heavy atom. The van der Waals surface area contributed by atoms with Crippen LogP contribution < -0.4 is 0 Å². The van der Waals surface area contributed by atoms with Gasteiger partial charge in [0.05, 0.1) is 10.8 Å². The maximum atomic E-state index is 15.3. The molecule has 5 rings (SSSR count). The highest BCUT2D eigenvalue weighted by molar-refractivity contribution is 6.08. The van der Waals surface area contributed by atoms with E-state index in [1.165, 1.54) is 36.4 Å². The first-order valence-corrected chi connectivity index (χ1v) is 9.82. The van der Waals surface area contributed by atoms with Gasteiger partial charge in [0.2, 0.25) is 0 Å². The Balaban J connectivity index is 1.96. The van der Waals surface area contributed by atoms with Gasteiger partial charge >= 0.3 is 0 Å². The van der Waals surface area contributed by atoms with E-state index in [0.717, 1.165) is 18.2 Å². The molecular formula is C26H10F8. The SMILES string of the molecule is Fc1ccc(-c2ccccc2-c2c(F)c(F)c(F)c3c(F)c4c(F)cccc4cc23)c(F)c1F. The van der Waals surface area contributed by atoms with Crippen LogP contribution in [0.4, 0.5) is 35.1 Å². The number of fused-ring (bicyclic) bond motifs is 2. The van der Waals surface area contributed by atoms with Crippen molar-refractivity contribution in [1.29, 1.82) is 0 Å². The Bertz CT molecular complexity index is 1640. The van der Waals surface area contributed by atoms with Gasteiger partial charge in [-0.25, -0.2) is 35.1 Å². The van der Waals surface area contributed by atoms with Gasteiger partial charge in [-0.2, -0.15) is 0 Å². The molecule has 5 aromatic rings. The van der Waals surface area contributed by atoms with Gasteiger partial charge in [0.25, 0.3) is 0 Å².